The van der Waals surface area contributed by atoms with Gasteiger partial charge in [0.05, 0.1) is 0 Å². The average molecular weight is 455 g/mol. The summed E-state index contributed by atoms with van der Waals surface area (Å²) in [4.78, 5) is 0. The molecule has 0 aliphatic heterocycles. The van der Waals surface area contributed by atoms with Gasteiger partial charge in [0.1, 0.15) is 0 Å². The Morgan fingerprint density at radius 2 is 0.667 bits per heavy atom. The van der Waals surface area contributed by atoms with Gasteiger partial charge in [-0.3, -0.25) is 0 Å². The van der Waals surface area contributed by atoms with Crippen molar-refractivity contribution in [3.05, 3.63) is 156 Å². The molecule has 0 amide bonds. The maximum Gasteiger partial charge on any atom is 0.0327 e. The smallest absolute Gasteiger partial charge is 0.0327 e. The van der Waals surface area contributed by atoms with Crippen molar-refractivity contribution in [2.24, 2.45) is 0 Å². The molecule has 166 valence electrons. The van der Waals surface area contributed by atoms with Gasteiger partial charge in [0.15, 0.2) is 0 Å². The van der Waals surface area contributed by atoms with E-state index >= 15 is 0 Å². The van der Waals surface area contributed by atoms with E-state index in [1.165, 1.54) is 21.9 Å². The monoisotopic (exact) mass is 454 g/mol. The zero-order chi connectivity index (χ0) is 24.2. The van der Waals surface area contributed by atoms with Crippen molar-refractivity contribution in [2.75, 3.05) is 0 Å². The van der Waals surface area contributed by atoms with Gasteiger partial charge in [0.25, 0.3) is 0 Å². The molecule has 0 heterocycles. The highest BCUT2D eigenvalue weighted by Crippen LogP contribution is 2.35. The summed E-state index contributed by atoms with van der Waals surface area (Å²) in [5, 5.41) is 4.72. The van der Waals surface area contributed by atoms with E-state index in [9.17, 15) is 0 Å². The van der Waals surface area contributed by atoms with Crippen LogP contribution in [0.3, 0.4) is 0 Å². The molecular weight excluding hydrogens is 432 g/mol. The van der Waals surface area contributed by atoms with E-state index in [1.807, 2.05) is 60.7 Å². The Morgan fingerprint density at radius 1 is 0.278 bits per heavy atom. The predicted octanol–water partition coefficient (Wildman–Crippen LogP) is 8.46. The summed E-state index contributed by atoms with van der Waals surface area (Å²) in [5.74, 6) is 13.4. The van der Waals surface area contributed by atoms with Gasteiger partial charge in [0, 0.05) is 22.3 Å². The predicted molar refractivity (Wildman–Crippen MR) is 152 cm³/mol. The molecule has 0 aromatic heterocycles. The van der Waals surface area contributed by atoms with Crippen LogP contribution in [0, 0.1) is 23.7 Å². The van der Waals surface area contributed by atoms with E-state index in [0.29, 0.717) is 0 Å². The highest BCUT2D eigenvalue weighted by molar-refractivity contribution is 6.07. The second-order valence-electron chi connectivity index (χ2n) is 8.64. The minimum Gasteiger partial charge on any atom is -0.0622 e. The van der Waals surface area contributed by atoms with Gasteiger partial charge in [-0.1, -0.05) is 121 Å². The largest absolute Gasteiger partial charge is 0.0622 e. The Balaban J connectivity index is 1.49. The number of fused-ring (bicyclic) bond motifs is 2. The molecule has 0 unspecified atom stereocenters. The summed E-state index contributed by atoms with van der Waals surface area (Å²) >= 11 is 0. The zero-order valence-corrected chi connectivity index (χ0v) is 19.7. The number of benzene rings is 6. The van der Waals surface area contributed by atoms with Crippen LogP contribution in [0.5, 0.6) is 0 Å². The molecule has 0 fully saturated rings. The van der Waals surface area contributed by atoms with Crippen LogP contribution in [0.2, 0.25) is 0 Å². The Kier molecular flexibility index (Phi) is 5.78. The molecule has 0 atom stereocenters. The van der Waals surface area contributed by atoms with Gasteiger partial charge >= 0.3 is 0 Å². The summed E-state index contributed by atoms with van der Waals surface area (Å²) in [6.07, 6.45) is 0. The van der Waals surface area contributed by atoms with E-state index in [2.05, 4.69) is 96.5 Å². The van der Waals surface area contributed by atoms with Crippen LogP contribution in [0.1, 0.15) is 22.3 Å². The van der Waals surface area contributed by atoms with Gasteiger partial charge in [-0.25, -0.2) is 0 Å². The van der Waals surface area contributed by atoms with E-state index in [0.717, 1.165) is 33.0 Å². The molecule has 0 radical (unpaired) electrons. The fourth-order valence-corrected chi connectivity index (χ4v) is 4.63. The van der Waals surface area contributed by atoms with Crippen LogP contribution in [-0.4, -0.2) is 0 Å². The minimum absolute atomic E-state index is 1.02. The van der Waals surface area contributed by atoms with Crippen LogP contribution >= 0.6 is 0 Å². The summed E-state index contributed by atoms with van der Waals surface area (Å²) in [5.41, 5.74) is 6.51. The minimum atomic E-state index is 1.02. The van der Waals surface area contributed by atoms with Gasteiger partial charge in [-0.2, -0.15) is 0 Å². The van der Waals surface area contributed by atoms with Crippen molar-refractivity contribution in [3.8, 4) is 34.8 Å². The quantitative estimate of drug-likeness (QED) is 0.219. The molecule has 6 rings (SSSR count). The highest BCUT2D eigenvalue weighted by Gasteiger charge is 2.10. The van der Waals surface area contributed by atoms with Crippen LogP contribution in [0.15, 0.2) is 133 Å². The lowest BCUT2D eigenvalue weighted by Gasteiger charge is -2.12. The van der Waals surface area contributed by atoms with Crippen molar-refractivity contribution >= 4 is 21.5 Å². The van der Waals surface area contributed by atoms with Crippen molar-refractivity contribution in [2.45, 2.75) is 0 Å². The zero-order valence-electron chi connectivity index (χ0n) is 19.7. The molecule has 0 bridgehead atoms. The molecule has 0 spiro atoms. The van der Waals surface area contributed by atoms with Crippen LogP contribution < -0.4 is 0 Å². The van der Waals surface area contributed by atoms with E-state index in [1.54, 1.807) is 0 Å². The number of hydrogen-bond acceptors (Lipinski definition) is 0. The standard InChI is InChI=1S/C36H22/c1-3-11-27(12-4-1)23-25-29-15-7-19-33-31(29)17-9-21-35(33)36-22-10-18-32-30(16-8-20-34(32)36)26-24-28-13-5-2-6-14-28/h1-22H. The summed E-state index contributed by atoms with van der Waals surface area (Å²) in [6, 6.07) is 46.0. The van der Waals surface area contributed by atoms with E-state index in [4.69, 9.17) is 0 Å². The molecule has 6 aromatic rings. The second kappa shape index (κ2) is 9.68. The molecule has 0 saturated heterocycles. The molecule has 0 heteroatoms. The maximum atomic E-state index is 3.39. The Labute approximate surface area is 211 Å². The van der Waals surface area contributed by atoms with Crippen LogP contribution in [-0.2, 0) is 0 Å². The SMILES string of the molecule is C(#Cc1cccc2c(-c3cccc4c(C#Cc5ccccc5)cccc34)cccc12)c1ccccc1. The first-order valence-electron chi connectivity index (χ1n) is 12.0. The Hall–Kier alpha value is -5.04. The van der Waals surface area contributed by atoms with Crippen molar-refractivity contribution in [1.29, 1.82) is 0 Å². The lowest BCUT2D eigenvalue weighted by atomic mass is 9.91. The topological polar surface area (TPSA) is 0 Å². The first kappa shape index (κ1) is 21.5. The summed E-state index contributed by atoms with van der Waals surface area (Å²) < 4.78 is 0. The fraction of sp³-hybridized carbons (Fsp3) is 0. The fourth-order valence-electron chi connectivity index (χ4n) is 4.63. The molecular formula is C36H22. The molecule has 0 N–H and O–H groups in total. The van der Waals surface area contributed by atoms with Gasteiger partial charge in [0.2, 0.25) is 0 Å². The number of rotatable bonds is 1. The summed E-state index contributed by atoms with van der Waals surface area (Å²) in [6.45, 7) is 0. The lowest BCUT2D eigenvalue weighted by molar-refractivity contribution is 1.63. The molecule has 0 aliphatic carbocycles. The van der Waals surface area contributed by atoms with Gasteiger partial charge in [-0.15, -0.1) is 0 Å². The first-order chi connectivity index (χ1) is 17.9. The first-order valence-corrected chi connectivity index (χ1v) is 12.0. The van der Waals surface area contributed by atoms with Crippen molar-refractivity contribution in [1.82, 2.24) is 0 Å². The van der Waals surface area contributed by atoms with E-state index in [-0.39, 0.29) is 0 Å². The average Bonchev–Trinajstić information content (AvgIpc) is 2.95. The molecule has 0 nitrogen and oxygen atoms in total. The molecule has 6 aromatic carbocycles. The third-order valence-corrected chi connectivity index (χ3v) is 6.36. The second-order valence-corrected chi connectivity index (χ2v) is 8.64. The van der Waals surface area contributed by atoms with Gasteiger partial charge in [-0.05, 0) is 69.1 Å². The third-order valence-electron chi connectivity index (χ3n) is 6.36. The van der Waals surface area contributed by atoms with E-state index < -0.39 is 0 Å². The van der Waals surface area contributed by atoms with Crippen LogP contribution in [0.25, 0.3) is 32.7 Å². The third kappa shape index (κ3) is 4.25. The molecule has 0 aliphatic rings. The van der Waals surface area contributed by atoms with Crippen molar-refractivity contribution in [3.63, 3.8) is 0 Å². The lowest BCUT2D eigenvalue weighted by Crippen LogP contribution is -1.88. The van der Waals surface area contributed by atoms with Crippen LogP contribution in [0.4, 0.5) is 0 Å². The number of hydrogen-bond donors (Lipinski definition) is 0. The van der Waals surface area contributed by atoms with Crippen molar-refractivity contribution < 1.29 is 0 Å². The Bertz CT molecular complexity index is 1680. The molecule has 0 saturated carbocycles. The Morgan fingerprint density at radius 3 is 1.11 bits per heavy atom. The van der Waals surface area contributed by atoms with Gasteiger partial charge < -0.3 is 0 Å². The highest BCUT2D eigenvalue weighted by atomic mass is 14.1. The molecule has 36 heavy (non-hydrogen) atoms. The normalized spacial score (nSPS) is 10.3. The maximum absolute atomic E-state index is 3.39. The summed E-state index contributed by atoms with van der Waals surface area (Å²) in [7, 11) is 0.